The summed E-state index contributed by atoms with van der Waals surface area (Å²) in [7, 11) is 0. The third-order valence-corrected chi connectivity index (χ3v) is 3.66. The zero-order valence-corrected chi connectivity index (χ0v) is 10.2. The molecule has 0 aromatic rings. The Bertz CT molecular complexity index is 166. The van der Waals surface area contributed by atoms with Gasteiger partial charge in [0.25, 0.3) is 0 Å². The highest BCUT2D eigenvalue weighted by atomic mass is 15.1. The van der Waals surface area contributed by atoms with Crippen molar-refractivity contribution in [1.82, 2.24) is 21.3 Å². The molecule has 0 aromatic carbocycles. The van der Waals surface area contributed by atoms with E-state index < -0.39 is 0 Å². The number of nitrogens with one attached hydrogen (secondary N) is 4. The molecule has 4 N–H and O–H groups in total. The first-order valence-corrected chi connectivity index (χ1v) is 6.85. The lowest BCUT2D eigenvalue weighted by atomic mass is 9.90. The molecule has 2 rings (SSSR count). The van der Waals surface area contributed by atoms with Crippen LogP contribution < -0.4 is 21.3 Å². The fourth-order valence-corrected chi connectivity index (χ4v) is 2.74. The Morgan fingerprint density at radius 3 is 1.50 bits per heavy atom. The minimum Gasteiger partial charge on any atom is -0.314 e. The summed E-state index contributed by atoms with van der Waals surface area (Å²) in [6, 6.07) is 1.38. The van der Waals surface area contributed by atoms with Gasteiger partial charge in [-0.2, -0.15) is 0 Å². The first kappa shape index (κ1) is 12.3. The van der Waals surface area contributed by atoms with Crippen LogP contribution >= 0.6 is 0 Å². The van der Waals surface area contributed by atoms with Gasteiger partial charge in [-0.25, -0.2) is 0 Å². The lowest BCUT2D eigenvalue weighted by molar-refractivity contribution is 0.282. The van der Waals surface area contributed by atoms with Gasteiger partial charge < -0.3 is 21.3 Å². The van der Waals surface area contributed by atoms with Gasteiger partial charge in [-0.15, -0.1) is 0 Å². The van der Waals surface area contributed by atoms with Gasteiger partial charge in [0.05, 0.1) is 0 Å². The van der Waals surface area contributed by atoms with Crippen molar-refractivity contribution in [2.24, 2.45) is 0 Å². The van der Waals surface area contributed by atoms with Crippen molar-refractivity contribution >= 4 is 0 Å². The average molecular weight is 226 g/mol. The Hall–Kier alpha value is -0.160. The highest BCUT2D eigenvalue weighted by Crippen LogP contribution is 2.18. The van der Waals surface area contributed by atoms with E-state index in [1.54, 1.807) is 0 Å². The van der Waals surface area contributed by atoms with E-state index in [4.69, 9.17) is 0 Å². The topological polar surface area (TPSA) is 48.1 Å². The van der Waals surface area contributed by atoms with Crippen LogP contribution in [0.3, 0.4) is 0 Å². The molecule has 1 aliphatic carbocycles. The van der Waals surface area contributed by atoms with Gasteiger partial charge in [0.1, 0.15) is 0 Å². The zero-order chi connectivity index (χ0) is 11.1. The summed E-state index contributed by atoms with van der Waals surface area (Å²) in [6.45, 7) is 6.53. The second kappa shape index (κ2) is 7.22. The third-order valence-electron chi connectivity index (χ3n) is 3.66. The standard InChI is InChI=1S/C12H26N4/c1-2-4-12-11(3-1)15-9-7-13-5-6-14-8-10-16-12/h11-16H,1-10H2. The molecule has 1 aliphatic heterocycles. The largest absolute Gasteiger partial charge is 0.314 e. The van der Waals surface area contributed by atoms with Crippen LogP contribution in [0.15, 0.2) is 0 Å². The second-order valence-electron chi connectivity index (χ2n) is 4.91. The van der Waals surface area contributed by atoms with Gasteiger partial charge >= 0.3 is 0 Å². The molecule has 4 nitrogen and oxygen atoms in total. The Morgan fingerprint density at radius 1 is 0.562 bits per heavy atom. The molecule has 94 valence electrons. The number of fused-ring (bicyclic) bond motifs is 1. The van der Waals surface area contributed by atoms with Gasteiger partial charge in [-0.3, -0.25) is 0 Å². The van der Waals surface area contributed by atoms with Gasteiger partial charge in [0.15, 0.2) is 0 Å². The van der Waals surface area contributed by atoms with Crippen molar-refractivity contribution in [3.8, 4) is 0 Å². The second-order valence-corrected chi connectivity index (χ2v) is 4.91. The average Bonchev–Trinajstić information content (AvgIpc) is 2.30. The maximum absolute atomic E-state index is 3.69. The fourth-order valence-electron chi connectivity index (χ4n) is 2.74. The number of hydrogen-bond acceptors (Lipinski definition) is 4. The molecule has 1 saturated carbocycles. The van der Waals surface area contributed by atoms with E-state index in [9.17, 15) is 0 Å². The molecule has 2 fully saturated rings. The van der Waals surface area contributed by atoms with E-state index in [1.165, 1.54) is 25.7 Å². The predicted molar refractivity (Wildman–Crippen MR) is 67.8 cm³/mol. The summed E-state index contributed by atoms with van der Waals surface area (Å²) >= 11 is 0. The molecule has 0 radical (unpaired) electrons. The van der Waals surface area contributed by atoms with Crippen molar-refractivity contribution in [2.45, 2.75) is 37.8 Å². The SMILES string of the molecule is C1CCC2NCCNCCNCCNC2C1. The summed E-state index contributed by atoms with van der Waals surface area (Å²) in [5, 5.41) is 14.3. The molecular formula is C12H26N4. The van der Waals surface area contributed by atoms with Gasteiger partial charge in [-0.05, 0) is 12.8 Å². The Balaban J connectivity index is 1.79. The maximum Gasteiger partial charge on any atom is 0.0221 e. The Kier molecular flexibility index (Phi) is 5.55. The molecule has 0 amide bonds. The minimum absolute atomic E-state index is 0.690. The molecule has 1 saturated heterocycles. The van der Waals surface area contributed by atoms with Gasteiger partial charge in [-0.1, -0.05) is 12.8 Å². The van der Waals surface area contributed by atoms with Crippen LogP contribution in [0.25, 0.3) is 0 Å². The molecule has 1 heterocycles. The minimum atomic E-state index is 0.690. The molecule has 2 aliphatic rings. The van der Waals surface area contributed by atoms with Crippen molar-refractivity contribution < 1.29 is 0 Å². The zero-order valence-electron chi connectivity index (χ0n) is 10.2. The van der Waals surface area contributed by atoms with E-state index in [2.05, 4.69) is 21.3 Å². The first-order chi connectivity index (χ1) is 7.97. The van der Waals surface area contributed by atoms with Crippen LogP contribution in [-0.2, 0) is 0 Å². The van der Waals surface area contributed by atoms with Crippen molar-refractivity contribution in [2.75, 3.05) is 39.3 Å². The van der Waals surface area contributed by atoms with Crippen LogP contribution in [0.1, 0.15) is 25.7 Å². The highest BCUT2D eigenvalue weighted by molar-refractivity contribution is 4.86. The molecule has 4 heteroatoms. The fraction of sp³-hybridized carbons (Fsp3) is 1.00. The number of hydrogen-bond donors (Lipinski definition) is 4. The van der Waals surface area contributed by atoms with Crippen LogP contribution in [-0.4, -0.2) is 51.4 Å². The smallest absolute Gasteiger partial charge is 0.0221 e. The van der Waals surface area contributed by atoms with E-state index >= 15 is 0 Å². The summed E-state index contributed by atoms with van der Waals surface area (Å²) in [5.74, 6) is 0. The maximum atomic E-state index is 3.69. The van der Waals surface area contributed by atoms with E-state index in [0.29, 0.717) is 12.1 Å². The molecule has 16 heavy (non-hydrogen) atoms. The highest BCUT2D eigenvalue weighted by Gasteiger charge is 2.23. The quantitative estimate of drug-likeness (QED) is 0.457. The molecule has 2 unspecified atom stereocenters. The van der Waals surface area contributed by atoms with Crippen molar-refractivity contribution in [3.63, 3.8) is 0 Å². The molecule has 0 bridgehead atoms. The van der Waals surface area contributed by atoms with Crippen LogP contribution in [0.4, 0.5) is 0 Å². The van der Waals surface area contributed by atoms with Gasteiger partial charge in [0.2, 0.25) is 0 Å². The van der Waals surface area contributed by atoms with Crippen LogP contribution in [0, 0.1) is 0 Å². The molecule has 0 aromatic heterocycles. The molecule has 2 atom stereocenters. The van der Waals surface area contributed by atoms with Gasteiger partial charge in [0, 0.05) is 51.4 Å². The molecular weight excluding hydrogens is 200 g/mol. The van der Waals surface area contributed by atoms with Crippen molar-refractivity contribution in [1.29, 1.82) is 0 Å². The Labute approximate surface area is 98.9 Å². The van der Waals surface area contributed by atoms with E-state index in [-0.39, 0.29) is 0 Å². The Morgan fingerprint density at radius 2 is 1.00 bits per heavy atom. The van der Waals surface area contributed by atoms with Crippen LogP contribution in [0.2, 0.25) is 0 Å². The lowest BCUT2D eigenvalue weighted by Crippen LogP contribution is -2.53. The number of rotatable bonds is 0. The monoisotopic (exact) mass is 226 g/mol. The third kappa shape index (κ3) is 4.01. The lowest BCUT2D eigenvalue weighted by Gasteiger charge is -2.33. The summed E-state index contributed by atoms with van der Waals surface area (Å²) in [6.07, 6.45) is 5.46. The molecule has 0 spiro atoms. The first-order valence-electron chi connectivity index (χ1n) is 6.85. The van der Waals surface area contributed by atoms with Crippen LogP contribution in [0.5, 0.6) is 0 Å². The summed E-state index contributed by atoms with van der Waals surface area (Å²) in [4.78, 5) is 0. The van der Waals surface area contributed by atoms with E-state index in [0.717, 1.165) is 39.3 Å². The predicted octanol–water partition coefficient (Wildman–Crippen LogP) is -0.330. The normalized spacial score (nSPS) is 34.5. The van der Waals surface area contributed by atoms with E-state index in [1.807, 2.05) is 0 Å². The summed E-state index contributed by atoms with van der Waals surface area (Å²) < 4.78 is 0. The van der Waals surface area contributed by atoms with Crippen molar-refractivity contribution in [3.05, 3.63) is 0 Å². The summed E-state index contributed by atoms with van der Waals surface area (Å²) in [5.41, 5.74) is 0.